The van der Waals surface area contributed by atoms with E-state index >= 15 is 0 Å². The molecule has 0 saturated carbocycles. The van der Waals surface area contributed by atoms with Crippen LogP contribution >= 0.6 is 0 Å². The number of carbonyl (C=O) groups is 2. The molecule has 0 saturated heterocycles. The Morgan fingerprint density at radius 2 is 1.91 bits per heavy atom. The van der Waals surface area contributed by atoms with Gasteiger partial charge in [0.15, 0.2) is 0 Å². The summed E-state index contributed by atoms with van der Waals surface area (Å²) >= 11 is 0. The van der Waals surface area contributed by atoms with Crippen molar-refractivity contribution in [1.82, 2.24) is 0 Å². The largest absolute Gasteiger partial charge is 0.466 e. The fourth-order valence-corrected chi connectivity index (χ4v) is 0.610. The van der Waals surface area contributed by atoms with E-state index in [1.807, 2.05) is 0 Å². The van der Waals surface area contributed by atoms with Gasteiger partial charge < -0.3 is 4.74 Å². The van der Waals surface area contributed by atoms with Gasteiger partial charge in [-0.25, -0.2) is 9.90 Å². The molecular formula is C7H11O4. The Morgan fingerprint density at radius 3 is 2.36 bits per heavy atom. The highest BCUT2D eigenvalue weighted by Gasteiger charge is 2.04. The van der Waals surface area contributed by atoms with E-state index in [9.17, 15) is 14.7 Å². The highest BCUT2D eigenvalue weighted by Crippen LogP contribution is 1.97. The first-order valence-electron chi connectivity index (χ1n) is 3.52. The number of carbonyl (C=O) groups excluding carboxylic acids is 2. The SMILES string of the molecule is CCOC(=O)CCCC([O])=O. The Balaban J connectivity index is 3.24. The topological polar surface area (TPSA) is 63.3 Å². The van der Waals surface area contributed by atoms with Crippen LogP contribution in [0.4, 0.5) is 0 Å². The molecule has 0 atom stereocenters. The van der Waals surface area contributed by atoms with E-state index < -0.39 is 5.97 Å². The van der Waals surface area contributed by atoms with Crippen LogP contribution in [0.3, 0.4) is 0 Å². The smallest absolute Gasteiger partial charge is 0.355 e. The first kappa shape index (κ1) is 9.94. The summed E-state index contributed by atoms with van der Waals surface area (Å²) in [6.45, 7) is 2.04. The fraction of sp³-hybridized carbons (Fsp3) is 0.714. The van der Waals surface area contributed by atoms with E-state index in [2.05, 4.69) is 4.74 Å². The third-order valence-corrected chi connectivity index (χ3v) is 1.07. The van der Waals surface area contributed by atoms with Crippen LogP contribution in [0, 0.1) is 0 Å². The lowest BCUT2D eigenvalue weighted by Gasteiger charge is -1.98. The Labute approximate surface area is 65.2 Å². The maximum Gasteiger partial charge on any atom is 0.355 e. The highest BCUT2D eigenvalue weighted by molar-refractivity contribution is 5.71. The zero-order valence-corrected chi connectivity index (χ0v) is 6.46. The summed E-state index contributed by atoms with van der Waals surface area (Å²) in [6, 6.07) is 0. The second-order valence-corrected chi connectivity index (χ2v) is 2.03. The van der Waals surface area contributed by atoms with Gasteiger partial charge in [-0.2, -0.15) is 0 Å². The summed E-state index contributed by atoms with van der Waals surface area (Å²) in [5.41, 5.74) is 0. The van der Waals surface area contributed by atoms with Crippen molar-refractivity contribution in [2.75, 3.05) is 6.61 Å². The quantitative estimate of drug-likeness (QED) is 0.554. The number of rotatable bonds is 5. The highest BCUT2D eigenvalue weighted by atomic mass is 16.5. The van der Waals surface area contributed by atoms with Crippen LogP contribution in [0.1, 0.15) is 26.2 Å². The van der Waals surface area contributed by atoms with Crippen molar-refractivity contribution in [3.05, 3.63) is 0 Å². The van der Waals surface area contributed by atoms with E-state index in [1.165, 1.54) is 0 Å². The third kappa shape index (κ3) is 6.83. The van der Waals surface area contributed by atoms with E-state index in [0.29, 0.717) is 13.0 Å². The van der Waals surface area contributed by atoms with Gasteiger partial charge >= 0.3 is 11.9 Å². The molecule has 1 radical (unpaired) electrons. The lowest BCUT2D eigenvalue weighted by molar-refractivity contribution is -0.144. The van der Waals surface area contributed by atoms with Crippen molar-refractivity contribution < 1.29 is 19.4 Å². The van der Waals surface area contributed by atoms with Gasteiger partial charge in [-0.15, -0.1) is 0 Å². The molecule has 0 aliphatic heterocycles. The Bertz CT molecular complexity index is 141. The van der Waals surface area contributed by atoms with Gasteiger partial charge in [0, 0.05) is 6.42 Å². The molecule has 4 heteroatoms. The van der Waals surface area contributed by atoms with Crippen LogP contribution in [-0.4, -0.2) is 18.5 Å². The van der Waals surface area contributed by atoms with Gasteiger partial charge in [0.2, 0.25) is 0 Å². The van der Waals surface area contributed by atoms with Crippen LogP contribution in [0.5, 0.6) is 0 Å². The average Bonchev–Trinajstić information content (AvgIpc) is 1.87. The molecule has 0 bridgehead atoms. The molecule has 4 nitrogen and oxygen atoms in total. The van der Waals surface area contributed by atoms with E-state index in [0.717, 1.165) is 0 Å². The van der Waals surface area contributed by atoms with Crippen LogP contribution < -0.4 is 0 Å². The average molecular weight is 159 g/mol. The standard InChI is InChI=1S/C7H11O4/c1-2-11-7(10)5-3-4-6(8)9/h2-5H2,1H3. The summed E-state index contributed by atoms with van der Waals surface area (Å²) in [5.74, 6) is -1.48. The molecule has 0 aliphatic carbocycles. The number of ether oxygens (including phenoxy) is 1. The second kappa shape index (κ2) is 5.70. The molecule has 0 N–H and O–H groups in total. The monoisotopic (exact) mass is 159 g/mol. The Morgan fingerprint density at radius 1 is 1.27 bits per heavy atom. The Kier molecular flexibility index (Phi) is 5.15. The van der Waals surface area contributed by atoms with E-state index in [-0.39, 0.29) is 18.8 Å². The van der Waals surface area contributed by atoms with Gasteiger partial charge in [-0.1, -0.05) is 0 Å². The predicted octanol–water partition coefficient (Wildman–Crippen LogP) is 0.677. The molecule has 0 aliphatic rings. The molecule has 0 amide bonds. The maximum absolute atomic E-state index is 10.6. The van der Waals surface area contributed by atoms with Crippen molar-refractivity contribution in [1.29, 1.82) is 0 Å². The van der Waals surface area contributed by atoms with Gasteiger partial charge in [-0.05, 0) is 13.3 Å². The molecule has 63 valence electrons. The lowest BCUT2D eigenvalue weighted by atomic mass is 10.2. The second-order valence-electron chi connectivity index (χ2n) is 2.03. The number of hydrogen-bond donors (Lipinski definition) is 0. The van der Waals surface area contributed by atoms with Gasteiger partial charge in [0.1, 0.15) is 0 Å². The van der Waals surface area contributed by atoms with E-state index in [1.54, 1.807) is 6.92 Å². The van der Waals surface area contributed by atoms with Crippen LogP contribution in [0.25, 0.3) is 0 Å². The third-order valence-electron chi connectivity index (χ3n) is 1.07. The van der Waals surface area contributed by atoms with Gasteiger partial charge in [0.25, 0.3) is 0 Å². The van der Waals surface area contributed by atoms with Crippen molar-refractivity contribution in [3.63, 3.8) is 0 Å². The normalized spacial score (nSPS) is 9.18. The van der Waals surface area contributed by atoms with Gasteiger partial charge in [-0.3, -0.25) is 4.79 Å². The first-order chi connectivity index (χ1) is 5.16. The molecule has 0 unspecified atom stereocenters. The number of hydrogen-bond acceptors (Lipinski definition) is 3. The molecule has 0 fully saturated rings. The Hall–Kier alpha value is -1.06. The summed E-state index contributed by atoms with van der Waals surface area (Å²) in [4.78, 5) is 20.5. The molecular weight excluding hydrogens is 148 g/mol. The molecule has 0 aromatic heterocycles. The minimum atomic E-state index is -1.13. The van der Waals surface area contributed by atoms with Crippen LogP contribution in [0.2, 0.25) is 0 Å². The molecule has 0 rings (SSSR count). The maximum atomic E-state index is 10.6. The minimum Gasteiger partial charge on any atom is -0.466 e. The van der Waals surface area contributed by atoms with Gasteiger partial charge in [0.05, 0.1) is 13.0 Å². The van der Waals surface area contributed by atoms with Crippen molar-refractivity contribution in [3.8, 4) is 0 Å². The van der Waals surface area contributed by atoms with Crippen LogP contribution in [-0.2, 0) is 19.4 Å². The zero-order valence-electron chi connectivity index (χ0n) is 6.46. The summed E-state index contributed by atoms with van der Waals surface area (Å²) in [6.07, 6.45) is 0.363. The van der Waals surface area contributed by atoms with Crippen molar-refractivity contribution in [2.24, 2.45) is 0 Å². The minimum absolute atomic E-state index is 0.0845. The molecule has 11 heavy (non-hydrogen) atoms. The lowest BCUT2D eigenvalue weighted by Crippen LogP contribution is -2.04. The number of esters is 1. The molecule has 0 aromatic rings. The molecule has 0 spiro atoms. The zero-order chi connectivity index (χ0) is 8.69. The van der Waals surface area contributed by atoms with Crippen LogP contribution in [0.15, 0.2) is 0 Å². The summed E-state index contributed by atoms with van der Waals surface area (Å²) in [5, 5.41) is 9.88. The first-order valence-corrected chi connectivity index (χ1v) is 3.52. The van der Waals surface area contributed by atoms with Crippen molar-refractivity contribution >= 4 is 11.9 Å². The summed E-state index contributed by atoms with van der Waals surface area (Å²) < 4.78 is 4.57. The van der Waals surface area contributed by atoms with E-state index in [4.69, 9.17) is 0 Å². The van der Waals surface area contributed by atoms with Crippen molar-refractivity contribution in [2.45, 2.75) is 26.2 Å². The fourth-order valence-electron chi connectivity index (χ4n) is 0.610. The molecule has 0 aromatic carbocycles. The predicted molar refractivity (Wildman–Crippen MR) is 36.2 cm³/mol. The molecule has 0 heterocycles. The summed E-state index contributed by atoms with van der Waals surface area (Å²) in [7, 11) is 0.